The Morgan fingerprint density at radius 1 is 1.47 bits per heavy atom. The Balaban J connectivity index is 2.75. The number of ether oxygens (including phenoxy) is 1. The van der Waals surface area contributed by atoms with Gasteiger partial charge in [-0.05, 0) is 6.07 Å². The number of halogens is 3. The third-order valence-electron chi connectivity index (χ3n) is 1.68. The number of alkyl halides is 3. The van der Waals surface area contributed by atoms with Gasteiger partial charge in [-0.1, -0.05) is 0 Å². The van der Waals surface area contributed by atoms with Gasteiger partial charge >= 0.3 is 11.9 Å². The quantitative estimate of drug-likeness (QED) is 0.651. The molecule has 0 aliphatic rings. The highest BCUT2D eigenvalue weighted by molar-refractivity contribution is 5.46. The fourth-order valence-electron chi connectivity index (χ4n) is 0.956. The molecule has 1 aromatic rings. The fraction of sp³-hybridized carbons (Fsp3) is 0.375. The number of nitrogen functional groups attached to an aromatic ring is 1. The van der Waals surface area contributed by atoms with Crippen LogP contribution in [0.4, 0.5) is 24.7 Å². The molecule has 0 amide bonds. The zero-order valence-electron chi connectivity index (χ0n) is 8.40. The average Bonchev–Trinajstić information content (AvgIpc) is 2.15. The Morgan fingerprint density at radius 2 is 2.12 bits per heavy atom. The molecule has 0 bridgehead atoms. The lowest BCUT2D eigenvalue weighted by atomic mass is 10.4. The van der Waals surface area contributed by atoms with Gasteiger partial charge in [0.1, 0.15) is 5.82 Å². The van der Waals surface area contributed by atoms with E-state index in [2.05, 4.69) is 9.72 Å². The van der Waals surface area contributed by atoms with E-state index in [-0.39, 0.29) is 5.82 Å². The number of nitro groups is 1. The van der Waals surface area contributed by atoms with Gasteiger partial charge in [0.15, 0.2) is 0 Å². The van der Waals surface area contributed by atoms with Crippen LogP contribution >= 0.6 is 0 Å². The molecule has 1 heterocycles. The zero-order chi connectivity index (χ0) is 13.1. The molecule has 6 nitrogen and oxygen atoms in total. The summed E-state index contributed by atoms with van der Waals surface area (Å²) in [7, 11) is 0. The molecule has 0 aromatic carbocycles. The van der Waals surface area contributed by atoms with E-state index in [1.165, 1.54) is 0 Å². The molecule has 0 aliphatic carbocycles. The summed E-state index contributed by atoms with van der Waals surface area (Å²) in [4.78, 5) is 13.2. The first kappa shape index (κ1) is 13.0. The van der Waals surface area contributed by atoms with E-state index in [0.29, 0.717) is 0 Å². The van der Waals surface area contributed by atoms with Gasteiger partial charge in [0.2, 0.25) is 0 Å². The molecule has 9 heteroatoms. The van der Waals surface area contributed by atoms with Crippen molar-refractivity contribution in [1.82, 2.24) is 4.98 Å². The first-order chi connectivity index (χ1) is 7.79. The third-order valence-corrected chi connectivity index (χ3v) is 1.68. The maximum Gasteiger partial charge on any atom is 0.392 e. The van der Waals surface area contributed by atoms with Crippen LogP contribution in [-0.2, 0) is 0 Å². The van der Waals surface area contributed by atoms with Crippen LogP contribution in [0, 0.1) is 10.1 Å². The van der Waals surface area contributed by atoms with Crippen molar-refractivity contribution in [3.8, 4) is 5.88 Å². The number of nitrogens with two attached hydrogens (primary N) is 1. The van der Waals surface area contributed by atoms with Gasteiger partial charge in [-0.3, -0.25) is 10.1 Å². The minimum Gasteiger partial charge on any atom is -0.472 e. The summed E-state index contributed by atoms with van der Waals surface area (Å²) in [5, 5.41) is 10.5. The highest BCUT2D eigenvalue weighted by atomic mass is 19.4. The lowest BCUT2D eigenvalue weighted by molar-refractivity contribution is -0.386. The minimum atomic E-state index is -4.39. The number of hydrogen-bond donors (Lipinski definition) is 1. The summed E-state index contributed by atoms with van der Waals surface area (Å²) >= 11 is 0. The summed E-state index contributed by atoms with van der Waals surface area (Å²) in [6.45, 7) is -0.749. The van der Waals surface area contributed by atoms with Crippen molar-refractivity contribution < 1.29 is 22.8 Å². The summed E-state index contributed by atoms with van der Waals surface area (Å²) in [5.74, 6) is -0.586. The van der Waals surface area contributed by atoms with Crippen LogP contribution in [0.25, 0.3) is 0 Å². The molecule has 2 N–H and O–H groups in total. The van der Waals surface area contributed by atoms with Crippen molar-refractivity contribution in [1.29, 1.82) is 0 Å². The second kappa shape index (κ2) is 4.85. The molecule has 0 spiro atoms. The Morgan fingerprint density at radius 3 is 2.65 bits per heavy atom. The first-order valence-corrected chi connectivity index (χ1v) is 4.40. The fourth-order valence-corrected chi connectivity index (χ4v) is 0.956. The number of aromatic nitrogens is 1. The van der Waals surface area contributed by atoms with Gasteiger partial charge in [0.05, 0.1) is 18.0 Å². The normalized spacial score (nSPS) is 11.2. The largest absolute Gasteiger partial charge is 0.472 e. The van der Waals surface area contributed by atoms with Crippen LogP contribution < -0.4 is 10.5 Å². The Kier molecular flexibility index (Phi) is 3.71. The number of pyridine rings is 1. The molecule has 94 valence electrons. The van der Waals surface area contributed by atoms with Crippen molar-refractivity contribution in [3.05, 3.63) is 22.2 Å². The van der Waals surface area contributed by atoms with E-state index in [0.717, 1.165) is 12.1 Å². The molecule has 0 atom stereocenters. The van der Waals surface area contributed by atoms with Gasteiger partial charge < -0.3 is 10.5 Å². The molecule has 0 saturated carbocycles. The molecule has 0 radical (unpaired) electrons. The molecular weight excluding hydrogens is 243 g/mol. The van der Waals surface area contributed by atoms with E-state index in [4.69, 9.17) is 5.73 Å². The molecule has 0 unspecified atom stereocenters. The predicted octanol–water partition coefficient (Wildman–Crippen LogP) is 1.90. The van der Waals surface area contributed by atoms with Crippen molar-refractivity contribution in [2.75, 3.05) is 12.3 Å². The summed E-state index contributed by atoms with van der Waals surface area (Å²) in [5.41, 5.74) is 4.72. The highest BCUT2D eigenvalue weighted by Gasteiger charge is 2.28. The van der Waals surface area contributed by atoms with Gasteiger partial charge in [-0.2, -0.15) is 18.2 Å². The van der Waals surface area contributed by atoms with E-state index in [1.807, 2.05) is 0 Å². The van der Waals surface area contributed by atoms with Gasteiger partial charge in [0.25, 0.3) is 5.88 Å². The topological polar surface area (TPSA) is 91.3 Å². The van der Waals surface area contributed by atoms with E-state index < -0.39 is 35.7 Å². The first-order valence-electron chi connectivity index (χ1n) is 4.40. The van der Waals surface area contributed by atoms with Gasteiger partial charge in [0, 0.05) is 6.07 Å². The number of anilines is 1. The average molecular weight is 251 g/mol. The predicted molar refractivity (Wildman–Crippen MR) is 51.5 cm³/mol. The highest BCUT2D eigenvalue weighted by Crippen LogP contribution is 2.26. The van der Waals surface area contributed by atoms with E-state index >= 15 is 0 Å². The van der Waals surface area contributed by atoms with Crippen LogP contribution in [0.1, 0.15) is 6.42 Å². The van der Waals surface area contributed by atoms with Crippen molar-refractivity contribution in [2.45, 2.75) is 12.6 Å². The smallest absolute Gasteiger partial charge is 0.392 e. The minimum absolute atomic E-state index is 0.0717. The Bertz CT molecular complexity index is 422. The van der Waals surface area contributed by atoms with E-state index in [9.17, 15) is 23.3 Å². The van der Waals surface area contributed by atoms with Crippen LogP contribution in [-0.4, -0.2) is 22.7 Å². The third kappa shape index (κ3) is 4.13. The zero-order valence-corrected chi connectivity index (χ0v) is 8.40. The molecule has 0 aliphatic heterocycles. The van der Waals surface area contributed by atoms with Crippen LogP contribution in [0.5, 0.6) is 5.88 Å². The maximum absolute atomic E-state index is 11.8. The second-order valence-corrected chi connectivity index (χ2v) is 3.03. The maximum atomic E-state index is 11.8. The molecular formula is C8H8F3N3O3. The number of nitrogens with zero attached hydrogens (tertiary/aromatic N) is 2. The second-order valence-electron chi connectivity index (χ2n) is 3.03. The Labute approximate surface area is 93.3 Å². The van der Waals surface area contributed by atoms with Crippen LogP contribution in [0.2, 0.25) is 0 Å². The molecule has 1 aromatic heterocycles. The van der Waals surface area contributed by atoms with Gasteiger partial charge in [-0.25, -0.2) is 0 Å². The summed E-state index contributed by atoms with van der Waals surface area (Å²) < 4.78 is 40.1. The molecule has 1 rings (SSSR count). The summed E-state index contributed by atoms with van der Waals surface area (Å²) in [6, 6.07) is 2.18. The lowest BCUT2D eigenvalue weighted by Crippen LogP contribution is -2.14. The van der Waals surface area contributed by atoms with Crippen LogP contribution in [0.15, 0.2) is 12.1 Å². The van der Waals surface area contributed by atoms with Crippen molar-refractivity contribution >= 4 is 11.5 Å². The number of hydrogen-bond acceptors (Lipinski definition) is 5. The lowest BCUT2D eigenvalue weighted by Gasteiger charge is -2.08. The Hall–Kier alpha value is -2.06. The molecule has 0 saturated heterocycles. The monoisotopic (exact) mass is 251 g/mol. The van der Waals surface area contributed by atoms with E-state index in [1.54, 1.807) is 0 Å². The summed E-state index contributed by atoms with van der Waals surface area (Å²) in [6.07, 6.45) is -5.62. The molecule has 0 fully saturated rings. The van der Waals surface area contributed by atoms with Crippen molar-refractivity contribution in [2.24, 2.45) is 0 Å². The van der Waals surface area contributed by atoms with Crippen LogP contribution in [0.3, 0.4) is 0 Å². The standard InChI is InChI=1S/C8H8F3N3O3/c9-8(10,11)3-4-17-7-5(14(15)16)1-2-6(12)13-7/h1-2H,3-4H2,(H2,12,13). The van der Waals surface area contributed by atoms with Gasteiger partial charge in [-0.15, -0.1) is 0 Å². The van der Waals surface area contributed by atoms with Crippen molar-refractivity contribution in [3.63, 3.8) is 0 Å². The SMILES string of the molecule is Nc1ccc([N+](=O)[O-])c(OCCC(F)(F)F)n1. The number of rotatable bonds is 4. The molecule has 17 heavy (non-hydrogen) atoms.